The average Bonchev–Trinajstić information content (AvgIpc) is 3.07. The molecule has 0 saturated heterocycles. The van der Waals surface area contributed by atoms with Crippen LogP contribution < -0.4 is 9.62 Å². The van der Waals surface area contributed by atoms with E-state index in [1.165, 1.54) is 17.0 Å². The number of nitrogens with zero attached hydrogens (tertiary/aromatic N) is 2. The van der Waals surface area contributed by atoms with Crippen LogP contribution in [0.1, 0.15) is 48.8 Å². The van der Waals surface area contributed by atoms with Crippen molar-refractivity contribution < 1.29 is 18.0 Å². The molecule has 246 valence electrons. The minimum Gasteiger partial charge on any atom is -0.352 e. The molecule has 2 amide bonds. The Bertz CT molecular complexity index is 1780. The van der Waals surface area contributed by atoms with Crippen molar-refractivity contribution in [2.24, 2.45) is 0 Å². The normalized spacial score (nSPS) is 14.3. The lowest BCUT2D eigenvalue weighted by Crippen LogP contribution is -2.55. The first kappa shape index (κ1) is 34.5. The quantitative estimate of drug-likeness (QED) is 0.166. The molecule has 0 radical (unpaired) electrons. The lowest BCUT2D eigenvalue weighted by atomic mass is 9.94. The summed E-state index contributed by atoms with van der Waals surface area (Å²) in [5.41, 5.74) is 2.41. The third-order valence-corrected chi connectivity index (χ3v) is 10.9. The minimum absolute atomic E-state index is 0.00686. The highest BCUT2D eigenvalue weighted by atomic mass is 35.5. The molecule has 0 bridgehead atoms. The summed E-state index contributed by atoms with van der Waals surface area (Å²) in [4.78, 5) is 30.4. The van der Waals surface area contributed by atoms with Gasteiger partial charge in [0.25, 0.3) is 10.0 Å². The van der Waals surface area contributed by atoms with Gasteiger partial charge in [0.05, 0.1) is 10.6 Å². The highest BCUT2D eigenvalue weighted by molar-refractivity contribution is 7.92. The van der Waals surface area contributed by atoms with Crippen LogP contribution in [0.2, 0.25) is 10.0 Å². The summed E-state index contributed by atoms with van der Waals surface area (Å²) in [5.74, 6) is -0.820. The highest BCUT2D eigenvalue weighted by Gasteiger charge is 2.36. The van der Waals surface area contributed by atoms with Gasteiger partial charge in [0.1, 0.15) is 12.6 Å². The third kappa shape index (κ3) is 8.74. The number of carbonyl (C=O) groups is 2. The Balaban J connectivity index is 1.58. The number of rotatable bonds is 12. The molecule has 1 fully saturated rings. The Kier molecular flexibility index (Phi) is 11.6. The molecular weight excluding hydrogens is 653 g/mol. The monoisotopic (exact) mass is 691 g/mol. The second-order valence-corrected chi connectivity index (χ2v) is 14.6. The van der Waals surface area contributed by atoms with E-state index in [0.717, 1.165) is 42.0 Å². The van der Waals surface area contributed by atoms with Gasteiger partial charge in [-0.3, -0.25) is 13.9 Å². The SMILES string of the molecule is Cc1cc(Cl)ccc1N(CC(=O)N(Cc1ccccc1Cl)C(Cc1ccccc1)C(=O)NC1CCCCC1)S(=O)(=O)c1ccccc1. The molecule has 0 heterocycles. The Morgan fingerprint density at radius 3 is 2.15 bits per heavy atom. The van der Waals surface area contributed by atoms with Crippen molar-refractivity contribution in [3.05, 3.63) is 130 Å². The maximum Gasteiger partial charge on any atom is 0.264 e. The number of hydrogen-bond donors (Lipinski definition) is 1. The lowest BCUT2D eigenvalue weighted by molar-refractivity contribution is -0.140. The van der Waals surface area contributed by atoms with Crippen LogP contribution in [-0.4, -0.2) is 43.8 Å². The number of halogens is 2. The lowest BCUT2D eigenvalue weighted by Gasteiger charge is -2.35. The van der Waals surface area contributed by atoms with E-state index in [4.69, 9.17) is 23.2 Å². The molecule has 5 rings (SSSR count). The highest BCUT2D eigenvalue weighted by Crippen LogP contribution is 2.30. The molecule has 47 heavy (non-hydrogen) atoms. The Morgan fingerprint density at radius 2 is 1.49 bits per heavy atom. The molecule has 0 aromatic heterocycles. The first-order valence-electron chi connectivity index (χ1n) is 15.8. The molecule has 4 aromatic carbocycles. The number of aryl methyl sites for hydroxylation is 1. The molecule has 1 saturated carbocycles. The van der Waals surface area contributed by atoms with Crippen LogP contribution in [0.25, 0.3) is 0 Å². The van der Waals surface area contributed by atoms with Crippen molar-refractivity contribution in [3.63, 3.8) is 0 Å². The summed E-state index contributed by atoms with van der Waals surface area (Å²) in [6.45, 7) is 1.20. The predicted octanol–water partition coefficient (Wildman–Crippen LogP) is 7.59. The molecular formula is C37H39Cl2N3O4S. The second kappa shape index (κ2) is 15.8. The van der Waals surface area contributed by atoms with Crippen LogP contribution in [0.5, 0.6) is 0 Å². The Labute approximate surface area is 287 Å². The van der Waals surface area contributed by atoms with E-state index >= 15 is 0 Å². The summed E-state index contributed by atoms with van der Waals surface area (Å²) < 4.78 is 29.5. The fourth-order valence-corrected chi connectivity index (χ4v) is 7.96. The maximum atomic E-state index is 14.7. The topological polar surface area (TPSA) is 86.8 Å². The van der Waals surface area contributed by atoms with Crippen LogP contribution in [0.15, 0.2) is 108 Å². The molecule has 1 atom stereocenters. The van der Waals surface area contributed by atoms with E-state index in [2.05, 4.69) is 5.32 Å². The molecule has 7 nitrogen and oxygen atoms in total. The van der Waals surface area contributed by atoms with Crippen LogP contribution in [0.4, 0.5) is 5.69 Å². The summed E-state index contributed by atoms with van der Waals surface area (Å²) >= 11 is 12.9. The van der Waals surface area contributed by atoms with Gasteiger partial charge in [-0.05, 0) is 72.9 Å². The molecule has 0 aliphatic heterocycles. The Hall–Kier alpha value is -3.85. The van der Waals surface area contributed by atoms with E-state index in [1.807, 2.05) is 42.5 Å². The summed E-state index contributed by atoms with van der Waals surface area (Å²) in [6.07, 6.45) is 5.18. The molecule has 1 aliphatic rings. The Morgan fingerprint density at radius 1 is 0.851 bits per heavy atom. The van der Waals surface area contributed by atoms with Gasteiger partial charge < -0.3 is 10.2 Å². The number of anilines is 1. The molecule has 1 aliphatic carbocycles. The van der Waals surface area contributed by atoms with Gasteiger partial charge in [-0.1, -0.05) is 109 Å². The van der Waals surface area contributed by atoms with Crippen molar-refractivity contribution in [2.45, 2.75) is 69.0 Å². The van der Waals surface area contributed by atoms with Gasteiger partial charge >= 0.3 is 0 Å². The van der Waals surface area contributed by atoms with Crippen LogP contribution >= 0.6 is 23.2 Å². The zero-order valence-corrected chi connectivity index (χ0v) is 28.6. The predicted molar refractivity (Wildman–Crippen MR) is 188 cm³/mol. The van der Waals surface area contributed by atoms with E-state index in [-0.39, 0.29) is 29.8 Å². The number of sulfonamides is 1. The van der Waals surface area contributed by atoms with Crippen molar-refractivity contribution in [3.8, 4) is 0 Å². The first-order valence-corrected chi connectivity index (χ1v) is 18.0. The molecule has 1 unspecified atom stereocenters. The van der Waals surface area contributed by atoms with Crippen LogP contribution in [0.3, 0.4) is 0 Å². The largest absolute Gasteiger partial charge is 0.352 e. The third-order valence-electron chi connectivity index (χ3n) is 8.56. The fraction of sp³-hybridized carbons (Fsp3) is 0.297. The average molecular weight is 693 g/mol. The van der Waals surface area contributed by atoms with E-state index in [9.17, 15) is 18.0 Å². The maximum absolute atomic E-state index is 14.7. The number of nitrogens with one attached hydrogen (secondary N) is 1. The van der Waals surface area contributed by atoms with E-state index in [1.54, 1.807) is 55.5 Å². The molecule has 0 spiro atoms. The zero-order valence-electron chi connectivity index (χ0n) is 26.3. The van der Waals surface area contributed by atoms with Crippen molar-refractivity contribution >= 4 is 50.7 Å². The van der Waals surface area contributed by atoms with Gasteiger partial charge in [-0.2, -0.15) is 0 Å². The summed E-state index contributed by atoms with van der Waals surface area (Å²) in [5, 5.41) is 4.10. The van der Waals surface area contributed by atoms with Gasteiger partial charge in [0, 0.05) is 29.1 Å². The molecule has 4 aromatic rings. The zero-order chi connectivity index (χ0) is 33.4. The van der Waals surface area contributed by atoms with E-state index < -0.39 is 28.5 Å². The number of benzene rings is 4. The molecule has 10 heteroatoms. The van der Waals surface area contributed by atoms with Crippen LogP contribution in [0, 0.1) is 6.92 Å². The van der Waals surface area contributed by atoms with Crippen LogP contribution in [-0.2, 0) is 32.6 Å². The van der Waals surface area contributed by atoms with Gasteiger partial charge in [0.2, 0.25) is 11.8 Å². The summed E-state index contributed by atoms with van der Waals surface area (Å²) in [6, 6.07) is 28.6. The molecule has 1 N–H and O–H groups in total. The van der Waals surface area contributed by atoms with Gasteiger partial charge in [-0.25, -0.2) is 8.42 Å². The van der Waals surface area contributed by atoms with E-state index in [0.29, 0.717) is 26.9 Å². The smallest absolute Gasteiger partial charge is 0.264 e. The standard InChI is InChI=1S/C37H39Cl2N3O4S/c1-27-23-30(38)21-22-34(27)42(47(45,46)32-18-9-4-10-19-32)26-36(43)41(25-29-15-11-12-20-33(29)39)35(24-28-13-5-2-6-14-28)37(44)40-31-16-7-3-8-17-31/h2,4-6,9-15,18-23,31,35H,3,7-8,16-17,24-26H2,1H3,(H,40,44). The minimum atomic E-state index is -4.21. The summed E-state index contributed by atoms with van der Waals surface area (Å²) in [7, 11) is -4.21. The van der Waals surface area contributed by atoms with Crippen molar-refractivity contribution in [2.75, 3.05) is 10.8 Å². The van der Waals surface area contributed by atoms with Gasteiger partial charge in [0.15, 0.2) is 0 Å². The van der Waals surface area contributed by atoms with Gasteiger partial charge in [-0.15, -0.1) is 0 Å². The second-order valence-electron chi connectivity index (χ2n) is 11.9. The number of carbonyl (C=O) groups excluding carboxylic acids is 2. The first-order chi connectivity index (χ1) is 22.6. The van der Waals surface area contributed by atoms with Crippen molar-refractivity contribution in [1.82, 2.24) is 10.2 Å². The fourth-order valence-electron chi connectivity index (χ4n) is 6.04. The number of hydrogen-bond acceptors (Lipinski definition) is 4. The van der Waals surface area contributed by atoms with Crippen molar-refractivity contribution in [1.29, 1.82) is 0 Å². The number of amides is 2.